The van der Waals surface area contributed by atoms with Crippen LogP contribution in [0.4, 0.5) is 4.79 Å². The van der Waals surface area contributed by atoms with Crippen molar-refractivity contribution in [2.75, 3.05) is 33.8 Å². The average Bonchev–Trinajstić information content (AvgIpc) is 2.50. The van der Waals surface area contributed by atoms with Crippen molar-refractivity contribution >= 4 is 17.8 Å². The number of ketones is 1. The number of hydrogen-bond acceptors (Lipinski definition) is 6. The summed E-state index contributed by atoms with van der Waals surface area (Å²) in [7, 11) is 3.50. The third-order valence-electron chi connectivity index (χ3n) is 3.67. The van der Waals surface area contributed by atoms with Crippen LogP contribution in [0, 0.1) is 5.92 Å². The molecule has 0 aliphatic carbocycles. The van der Waals surface area contributed by atoms with E-state index in [1.54, 1.807) is 30.8 Å². The number of rotatable bonds is 5. The van der Waals surface area contributed by atoms with Crippen molar-refractivity contribution in [2.24, 2.45) is 5.92 Å². The van der Waals surface area contributed by atoms with Crippen molar-refractivity contribution in [1.29, 1.82) is 0 Å². The van der Waals surface area contributed by atoms with Crippen LogP contribution in [-0.2, 0) is 19.1 Å². The Bertz CT molecular complexity index is 526. The van der Waals surface area contributed by atoms with E-state index in [9.17, 15) is 14.4 Å². The van der Waals surface area contributed by atoms with E-state index < -0.39 is 11.6 Å². The number of likely N-dealkylation sites (tertiary alicyclic amines) is 1. The number of carbonyl (C=O) groups excluding carboxylic acids is 3. The summed E-state index contributed by atoms with van der Waals surface area (Å²) < 4.78 is 10.3. The van der Waals surface area contributed by atoms with E-state index in [4.69, 9.17) is 9.47 Å². The van der Waals surface area contributed by atoms with Gasteiger partial charge in [-0.2, -0.15) is 0 Å². The predicted octanol–water partition coefficient (Wildman–Crippen LogP) is 2.21. The summed E-state index contributed by atoms with van der Waals surface area (Å²) in [5.74, 6) is -1.12. The second-order valence-corrected chi connectivity index (χ2v) is 7.33. The van der Waals surface area contributed by atoms with E-state index in [2.05, 4.69) is 0 Å². The Hall–Kier alpha value is -2.05. The Labute approximate surface area is 149 Å². The van der Waals surface area contributed by atoms with Crippen molar-refractivity contribution in [1.82, 2.24) is 9.80 Å². The summed E-state index contributed by atoms with van der Waals surface area (Å²) in [4.78, 5) is 40.1. The quantitative estimate of drug-likeness (QED) is 0.326. The Morgan fingerprint density at radius 1 is 1.16 bits per heavy atom. The summed E-state index contributed by atoms with van der Waals surface area (Å²) in [6.45, 7) is 8.24. The van der Waals surface area contributed by atoms with E-state index in [0.717, 1.165) is 0 Å². The topological polar surface area (TPSA) is 76.2 Å². The lowest BCUT2D eigenvalue weighted by Crippen LogP contribution is -2.43. The van der Waals surface area contributed by atoms with Crippen molar-refractivity contribution in [3.8, 4) is 0 Å². The molecule has 0 aromatic heterocycles. The second kappa shape index (κ2) is 8.87. The van der Waals surface area contributed by atoms with Gasteiger partial charge in [-0.3, -0.25) is 4.79 Å². The Morgan fingerprint density at radius 3 is 2.16 bits per heavy atom. The lowest BCUT2D eigenvalue weighted by atomic mass is 9.89. The zero-order valence-electron chi connectivity index (χ0n) is 16.1. The van der Waals surface area contributed by atoms with Gasteiger partial charge in [0.05, 0.1) is 6.61 Å². The van der Waals surface area contributed by atoms with Gasteiger partial charge in [-0.1, -0.05) is 0 Å². The van der Waals surface area contributed by atoms with Crippen molar-refractivity contribution in [2.45, 2.75) is 46.1 Å². The molecule has 1 amide bonds. The molecule has 0 atom stereocenters. The molecule has 142 valence electrons. The first-order valence-corrected chi connectivity index (χ1v) is 8.62. The smallest absolute Gasteiger partial charge is 0.410 e. The molecule has 0 N–H and O–H groups in total. The van der Waals surface area contributed by atoms with Gasteiger partial charge in [0, 0.05) is 39.3 Å². The van der Waals surface area contributed by atoms with Crippen LogP contribution in [0.25, 0.3) is 0 Å². The third kappa shape index (κ3) is 6.76. The monoisotopic (exact) mass is 354 g/mol. The number of Topliss-reactive ketones (excluding diaryl/α,β-unsaturated/α-hetero) is 1. The zero-order valence-corrected chi connectivity index (χ0v) is 16.1. The molecular weight excluding hydrogens is 324 g/mol. The third-order valence-corrected chi connectivity index (χ3v) is 3.67. The normalized spacial score (nSPS) is 16.4. The van der Waals surface area contributed by atoms with Crippen molar-refractivity contribution < 1.29 is 23.9 Å². The van der Waals surface area contributed by atoms with Gasteiger partial charge < -0.3 is 19.3 Å². The highest BCUT2D eigenvalue weighted by molar-refractivity contribution is 6.18. The first-order chi connectivity index (χ1) is 11.5. The minimum Gasteiger partial charge on any atom is -0.462 e. The number of carbonyl (C=O) groups is 3. The minimum atomic E-state index is -0.601. The second-order valence-electron chi connectivity index (χ2n) is 7.33. The average molecular weight is 354 g/mol. The number of amides is 1. The van der Waals surface area contributed by atoms with Crippen LogP contribution < -0.4 is 0 Å². The predicted molar refractivity (Wildman–Crippen MR) is 93.9 cm³/mol. The van der Waals surface area contributed by atoms with Gasteiger partial charge >= 0.3 is 12.1 Å². The lowest BCUT2D eigenvalue weighted by molar-refractivity contribution is -0.140. The molecule has 1 aliphatic heterocycles. The SMILES string of the molecule is CCOC(=O)/C(=C/N(C)C)C(=O)C1CCN(C(=O)OC(C)(C)C)CC1. The van der Waals surface area contributed by atoms with Crippen molar-refractivity contribution in [3.05, 3.63) is 11.8 Å². The highest BCUT2D eigenvalue weighted by Crippen LogP contribution is 2.23. The first-order valence-electron chi connectivity index (χ1n) is 8.62. The highest BCUT2D eigenvalue weighted by atomic mass is 16.6. The number of esters is 1. The van der Waals surface area contributed by atoms with Crippen LogP contribution in [0.1, 0.15) is 40.5 Å². The van der Waals surface area contributed by atoms with Crippen LogP contribution in [0.5, 0.6) is 0 Å². The number of ether oxygens (including phenoxy) is 2. The van der Waals surface area contributed by atoms with Crippen LogP contribution in [0.3, 0.4) is 0 Å². The maximum Gasteiger partial charge on any atom is 0.410 e. The fraction of sp³-hybridized carbons (Fsp3) is 0.722. The first kappa shape index (κ1) is 21.0. The van der Waals surface area contributed by atoms with Crippen LogP contribution >= 0.6 is 0 Å². The highest BCUT2D eigenvalue weighted by Gasteiger charge is 2.33. The molecular formula is C18H30N2O5. The van der Waals surface area contributed by atoms with E-state index in [1.165, 1.54) is 6.20 Å². The van der Waals surface area contributed by atoms with Crippen molar-refractivity contribution in [3.63, 3.8) is 0 Å². The molecule has 0 saturated carbocycles. The Morgan fingerprint density at radius 2 is 1.72 bits per heavy atom. The van der Waals surface area contributed by atoms with Gasteiger partial charge in [0.2, 0.25) is 0 Å². The molecule has 7 heteroatoms. The van der Waals surface area contributed by atoms with Gasteiger partial charge in [0.1, 0.15) is 11.2 Å². The van der Waals surface area contributed by atoms with Crippen LogP contribution in [-0.4, -0.2) is 67.0 Å². The van der Waals surface area contributed by atoms with Gasteiger partial charge in [-0.05, 0) is 40.5 Å². The van der Waals surface area contributed by atoms with Gasteiger partial charge in [-0.25, -0.2) is 9.59 Å². The molecule has 1 heterocycles. The summed E-state index contributed by atoms with van der Waals surface area (Å²) >= 11 is 0. The lowest BCUT2D eigenvalue weighted by Gasteiger charge is -2.33. The largest absolute Gasteiger partial charge is 0.462 e. The molecule has 0 unspecified atom stereocenters. The number of piperidine rings is 1. The molecule has 0 bridgehead atoms. The maximum atomic E-state index is 12.7. The summed E-state index contributed by atoms with van der Waals surface area (Å²) in [5.41, 5.74) is -0.488. The molecule has 7 nitrogen and oxygen atoms in total. The summed E-state index contributed by atoms with van der Waals surface area (Å²) in [5, 5.41) is 0. The molecule has 0 aromatic rings. The molecule has 25 heavy (non-hydrogen) atoms. The molecule has 1 aliphatic rings. The molecule has 1 rings (SSSR count). The standard InChI is InChI=1S/C18H30N2O5/c1-7-24-16(22)14(12-19(5)6)15(21)13-8-10-20(11-9-13)17(23)25-18(2,3)4/h12-13H,7-11H2,1-6H3/b14-12+. The molecule has 0 spiro atoms. The van der Waals surface area contributed by atoms with E-state index in [-0.39, 0.29) is 30.0 Å². The fourth-order valence-electron chi connectivity index (χ4n) is 2.55. The van der Waals surface area contributed by atoms with E-state index in [1.807, 2.05) is 20.8 Å². The Balaban J connectivity index is 2.72. The van der Waals surface area contributed by atoms with Gasteiger partial charge in [0.15, 0.2) is 5.78 Å². The van der Waals surface area contributed by atoms with Gasteiger partial charge in [0.25, 0.3) is 0 Å². The number of hydrogen-bond donors (Lipinski definition) is 0. The van der Waals surface area contributed by atoms with Crippen LogP contribution in [0.15, 0.2) is 11.8 Å². The maximum absolute atomic E-state index is 12.7. The fourth-order valence-corrected chi connectivity index (χ4v) is 2.55. The van der Waals surface area contributed by atoms with E-state index in [0.29, 0.717) is 25.9 Å². The van der Waals surface area contributed by atoms with Gasteiger partial charge in [-0.15, -0.1) is 0 Å². The minimum absolute atomic E-state index is 0.0579. The summed E-state index contributed by atoms with van der Waals surface area (Å²) in [6, 6.07) is 0. The summed E-state index contributed by atoms with van der Waals surface area (Å²) in [6.07, 6.45) is 2.14. The van der Waals surface area contributed by atoms with E-state index >= 15 is 0 Å². The molecule has 0 aromatic carbocycles. The number of nitrogens with zero attached hydrogens (tertiary/aromatic N) is 2. The Kier molecular flexibility index (Phi) is 7.45. The molecule has 0 radical (unpaired) electrons. The molecule has 1 fully saturated rings. The molecule has 1 saturated heterocycles. The van der Waals surface area contributed by atoms with Crippen LogP contribution in [0.2, 0.25) is 0 Å². The zero-order chi connectivity index (χ0) is 19.2.